The van der Waals surface area contributed by atoms with Crippen molar-refractivity contribution in [3.63, 3.8) is 0 Å². The van der Waals surface area contributed by atoms with Crippen LogP contribution in [0.1, 0.15) is 33.8 Å². The summed E-state index contributed by atoms with van der Waals surface area (Å²) in [6.45, 7) is 6.07. The van der Waals surface area contributed by atoms with Crippen LogP contribution in [-0.4, -0.2) is 34.5 Å². The van der Waals surface area contributed by atoms with Crippen LogP contribution < -0.4 is 5.43 Å². The van der Waals surface area contributed by atoms with E-state index in [1.165, 1.54) is 11.8 Å². The molecule has 10 heteroatoms. The lowest BCUT2D eigenvalue weighted by atomic mass is 10.1. The molecule has 1 N–H and O–H groups in total. The normalized spacial score (nSPS) is 11.1. The van der Waals surface area contributed by atoms with Crippen LogP contribution in [-0.2, 0) is 16.1 Å². The van der Waals surface area contributed by atoms with Crippen LogP contribution in [0.4, 0.5) is 0 Å². The second-order valence-electron chi connectivity index (χ2n) is 7.49. The van der Waals surface area contributed by atoms with Crippen molar-refractivity contribution in [1.29, 1.82) is 5.26 Å². The summed E-state index contributed by atoms with van der Waals surface area (Å²) in [5.41, 5.74) is 8.12. The highest BCUT2D eigenvalue weighted by Crippen LogP contribution is 2.27. The van der Waals surface area contributed by atoms with E-state index in [2.05, 4.69) is 21.6 Å². The van der Waals surface area contributed by atoms with Crippen LogP contribution >= 0.6 is 35.0 Å². The number of hydrazone groups is 1. The number of hydrogen-bond donors (Lipinski definition) is 1. The molecule has 0 unspecified atom stereocenters. The Hall–Kier alpha value is -2.83. The summed E-state index contributed by atoms with van der Waals surface area (Å²) in [5, 5.41) is 15.1. The zero-order valence-electron chi connectivity index (χ0n) is 19.1. The van der Waals surface area contributed by atoms with Gasteiger partial charge in [-0.2, -0.15) is 10.4 Å². The number of halogens is 2. The van der Waals surface area contributed by atoms with Gasteiger partial charge in [0.05, 0.1) is 34.2 Å². The maximum absolute atomic E-state index is 12.3. The summed E-state index contributed by atoms with van der Waals surface area (Å²) in [5.74, 6) is -0.239. The quantitative estimate of drug-likeness (QED) is 0.247. The molecule has 0 bridgehead atoms. The minimum absolute atomic E-state index is 0.0667. The molecular weight excluding hydrogens is 493 g/mol. The van der Waals surface area contributed by atoms with Gasteiger partial charge in [0.1, 0.15) is 11.1 Å². The fourth-order valence-electron chi connectivity index (χ4n) is 3.48. The summed E-state index contributed by atoms with van der Waals surface area (Å²) in [6.07, 6.45) is 1.60. The number of carbonyl (C=O) groups excluding carboxylic acids is 1. The zero-order chi connectivity index (χ0) is 24.8. The fraction of sp³-hybridized carbons (Fsp3) is 0.250. The minimum Gasteiger partial charge on any atom is -0.380 e. The molecule has 0 aliphatic carbocycles. The monoisotopic (exact) mass is 515 g/mol. The molecule has 0 fully saturated rings. The van der Waals surface area contributed by atoms with Gasteiger partial charge in [-0.05, 0) is 56.7 Å². The second kappa shape index (κ2) is 11.5. The Morgan fingerprint density at radius 3 is 2.71 bits per heavy atom. The first-order valence-electron chi connectivity index (χ1n) is 10.2. The number of aryl methyl sites for hydroxylation is 2. The zero-order valence-corrected chi connectivity index (χ0v) is 21.5. The summed E-state index contributed by atoms with van der Waals surface area (Å²) < 4.78 is 7.19. The van der Waals surface area contributed by atoms with Gasteiger partial charge in [0.2, 0.25) is 5.91 Å². The van der Waals surface area contributed by atoms with Crippen LogP contribution in [0.2, 0.25) is 10.0 Å². The van der Waals surface area contributed by atoms with Crippen LogP contribution in [0.25, 0.3) is 5.69 Å². The number of thioether (sulfide) groups is 1. The lowest BCUT2D eigenvalue weighted by Crippen LogP contribution is -2.20. The number of rotatable bonds is 8. The Balaban J connectivity index is 1.67. The molecule has 176 valence electrons. The predicted molar refractivity (Wildman–Crippen MR) is 136 cm³/mol. The lowest BCUT2D eigenvalue weighted by Gasteiger charge is -2.10. The Morgan fingerprint density at radius 1 is 1.26 bits per heavy atom. The van der Waals surface area contributed by atoms with Crippen molar-refractivity contribution in [2.75, 3.05) is 12.9 Å². The fourth-order valence-corrected chi connectivity index (χ4v) is 4.64. The minimum atomic E-state index is -0.306. The lowest BCUT2D eigenvalue weighted by molar-refractivity contribution is -0.118. The van der Waals surface area contributed by atoms with Gasteiger partial charge >= 0.3 is 0 Å². The number of nitriles is 1. The van der Waals surface area contributed by atoms with Gasteiger partial charge in [0.15, 0.2) is 0 Å². The second-order valence-corrected chi connectivity index (χ2v) is 9.27. The highest BCUT2D eigenvalue weighted by molar-refractivity contribution is 8.00. The number of nitrogens with one attached hydrogen (secondary N) is 1. The van der Waals surface area contributed by atoms with Crippen molar-refractivity contribution >= 4 is 47.1 Å². The molecular formula is C24H23Cl2N5O2S. The first kappa shape index (κ1) is 25.8. The Bertz CT molecular complexity index is 1300. The number of aromatic nitrogens is 2. The number of amides is 1. The summed E-state index contributed by atoms with van der Waals surface area (Å²) in [4.78, 5) is 16.7. The van der Waals surface area contributed by atoms with Crippen molar-refractivity contribution in [3.05, 3.63) is 74.1 Å². The smallest absolute Gasteiger partial charge is 0.250 e. The highest BCUT2D eigenvalue weighted by atomic mass is 35.5. The molecule has 3 aromatic rings. The molecule has 0 atom stereocenters. The third kappa shape index (κ3) is 5.99. The van der Waals surface area contributed by atoms with Crippen molar-refractivity contribution in [3.8, 4) is 11.8 Å². The van der Waals surface area contributed by atoms with E-state index in [0.29, 0.717) is 27.2 Å². The Morgan fingerprint density at radius 2 is 2.03 bits per heavy atom. The molecule has 7 nitrogen and oxygen atoms in total. The molecule has 0 spiro atoms. The SMILES string of the molecule is COCc1cc(C)nc(SCC(=O)NN=Cc2cc(C)n(-c3ccc(Cl)c(Cl)c3)c2C)c1C#N. The first-order valence-corrected chi connectivity index (χ1v) is 12.0. The molecule has 0 saturated heterocycles. The van der Waals surface area contributed by atoms with Gasteiger partial charge in [-0.3, -0.25) is 4.79 Å². The van der Waals surface area contributed by atoms with Crippen LogP contribution in [0.15, 0.2) is 40.5 Å². The number of carbonyl (C=O) groups is 1. The average molecular weight is 516 g/mol. The molecule has 2 heterocycles. The molecule has 0 saturated carbocycles. The van der Waals surface area contributed by atoms with Gasteiger partial charge in [-0.25, -0.2) is 10.4 Å². The standard InChI is InChI=1S/C24H23Cl2N5O2S/c1-14-7-18(12-33-4)20(10-27)24(29-14)34-13-23(32)30-28-11-17-8-15(2)31(16(17)3)19-5-6-21(25)22(26)9-19/h5-9,11H,12-13H2,1-4H3,(H,30,32). The molecule has 0 radical (unpaired) electrons. The maximum Gasteiger partial charge on any atom is 0.250 e. The average Bonchev–Trinajstić information content (AvgIpc) is 3.07. The highest BCUT2D eigenvalue weighted by Gasteiger charge is 2.14. The Kier molecular flexibility index (Phi) is 8.75. The first-order chi connectivity index (χ1) is 16.2. The molecule has 34 heavy (non-hydrogen) atoms. The van der Waals surface area contributed by atoms with Crippen molar-refractivity contribution < 1.29 is 9.53 Å². The van der Waals surface area contributed by atoms with Crippen molar-refractivity contribution in [2.24, 2.45) is 5.10 Å². The van der Waals surface area contributed by atoms with Crippen molar-refractivity contribution in [2.45, 2.75) is 32.4 Å². The number of ether oxygens (including phenoxy) is 1. The van der Waals surface area contributed by atoms with Gasteiger partial charge in [-0.15, -0.1) is 0 Å². The molecule has 0 aliphatic heterocycles. The van der Waals surface area contributed by atoms with E-state index < -0.39 is 0 Å². The molecule has 0 aliphatic rings. The number of pyridine rings is 1. The number of hydrogen-bond acceptors (Lipinski definition) is 6. The van der Waals surface area contributed by atoms with E-state index >= 15 is 0 Å². The number of benzene rings is 1. The Labute approximate surface area is 212 Å². The van der Waals surface area contributed by atoms with Gasteiger partial charge < -0.3 is 9.30 Å². The van der Waals surface area contributed by atoms with E-state index in [0.717, 1.165) is 33.9 Å². The van der Waals surface area contributed by atoms with Gasteiger partial charge in [0, 0.05) is 35.4 Å². The van der Waals surface area contributed by atoms with Crippen LogP contribution in [0, 0.1) is 32.1 Å². The van der Waals surface area contributed by atoms with Gasteiger partial charge in [0.25, 0.3) is 0 Å². The molecule has 3 rings (SSSR count). The molecule has 2 aromatic heterocycles. The van der Waals surface area contributed by atoms with E-state index in [9.17, 15) is 10.1 Å². The van der Waals surface area contributed by atoms with Gasteiger partial charge in [-0.1, -0.05) is 35.0 Å². The molecule has 1 aromatic carbocycles. The molecule has 1 amide bonds. The van der Waals surface area contributed by atoms with E-state index in [1.54, 1.807) is 25.5 Å². The summed E-state index contributed by atoms with van der Waals surface area (Å²) in [6, 6.07) is 11.4. The van der Waals surface area contributed by atoms with Crippen molar-refractivity contribution in [1.82, 2.24) is 15.0 Å². The van der Waals surface area contributed by atoms with Crippen LogP contribution in [0.3, 0.4) is 0 Å². The maximum atomic E-state index is 12.3. The van der Waals surface area contributed by atoms with Crippen LogP contribution in [0.5, 0.6) is 0 Å². The van der Waals surface area contributed by atoms with E-state index in [1.807, 2.05) is 43.5 Å². The largest absolute Gasteiger partial charge is 0.380 e. The topological polar surface area (TPSA) is 92.3 Å². The third-order valence-corrected chi connectivity index (χ3v) is 6.69. The summed E-state index contributed by atoms with van der Waals surface area (Å²) in [7, 11) is 1.57. The number of nitrogens with zero attached hydrogens (tertiary/aromatic N) is 4. The third-order valence-electron chi connectivity index (χ3n) is 4.97. The van der Waals surface area contributed by atoms with E-state index in [-0.39, 0.29) is 11.7 Å². The predicted octanol–water partition coefficient (Wildman–Crippen LogP) is 5.36. The summed E-state index contributed by atoms with van der Waals surface area (Å²) >= 11 is 13.4. The number of methoxy groups -OCH3 is 1. The van der Waals surface area contributed by atoms with E-state index in [4.69, 9.17) is 27.9 Å².